The van der Waals surface area contributed by atoms with Gasteiger partial charge in [-0.25, -0.2) is 8.42 Å². The Labute approximate surface area is 156 Å². The van der Waals surface area contributed by atoms with Crippen LogP contribution in [0.5, 0.6) is 11.5 Å². The number of para-hydroxylation sites is 2. The van der Waals surface area contributed by atoms with Crippen molar-refractivity contribution in [1.29, 1.82) is 0 Å². The topological polar surface area (TPSA) is 98.5 Å². The van der Waals surface area contributed by atoms with Gasteiger partial charge in [-0.05, 0) is 48.9 Å². The minimum atomic E-state index is -3.93. The van der Waals surface area contributed by atoms with Crippen LogP contribution in [-0.2, 0) is 10.0 Å². The third-order valence-corrected chi connectivity index (χ3v) is 5.09. The van der Waals surface area contributed by atoms with Gasteiger partial charge in [-0.3, -0.25) is 14.8 Å². The summed E-state index contributed by atoms with van der Waals surface area (Å²) in [5.41, 5.74) is 1.09. The summed E-state index contributed by atoms with van der Waals surface area (Å²) in [7, 11) is -3.93. The highest BCUT2D eigenvalue weighted by atomic mass is 32.2. The molecule has 0 aliphatic heterocycles. The molecule has 3 aromatic rings. The number of nitro groups is 1. The maximum absolute atomic E-state index is 12.6. The molecule has 0 bridgehead atoms. The zero-order valence-corrected chi connectivity index (χ0v) is 15.1. The number of aryl methyl sites for hydroxylation is 1. The third-order valence-electron chi connectivity index (χ3n) is 3.71. The van der Waals surface area contributed by atoms with Crippen LogP contribution >= 0.6 is 0 Å². The Balaban J connectivity index is 1.87. The van der Waals surface area contributed by atoms with Crippen molar-refractivity contribution >= 4 is 21.4 Å². The number of nitro benzene ring substituents is 1. The van der Waals surface area contributed by atoms with Gasteiger partial charge in [0.15, 0.2) is 5.75 Å². The first-order valence-corrected chi connectivity index (χ1v) is 9.44. The van der Waals surface area contributed by atoms with Crippen molar-refractivity contribution < 1.29 is 18.1 Å². The number of nitrogens with one attached hydrogen (secondary N) is 1. The van der Waals surface area contributed by atoms with Crippen LogP contribution in [0.3, 0.4) is 0 Å². The third kappa shape index (κ3) is 4.42. The lowest BCUT2D eigenvalue weighted by molar-refractivity contribution is -0.384. The van der Waals surface area contributed by atoms with Crippen LogP contribution in [0.1, 0.15) is 5.56 Å². The molecule has 0 saturated carbocycles. The van der Waals surface area contributed by atoms with Crippen LogP contribution in [0, 0.1) is 17.0 Å². The largest absolute Gasteiger partial charge is 0.455 e. The second-order valence-electron chi connectivity index (χ2n) is 5.77. The van der Waals surface area contributed by atoms with E-state index in [1.165, 1.54) is 12.1 Å². The smallest absolute Gasteiger partial charge is 0.269 e. The molecule has 7 nitrogen and oxygen atoms in total. The lowest BCUT2D eigenvalue weighted by Gasteiger charge is -2.13. The predicted octanol–water partition coefficient (Wildman–Crippen LogP) is 4.50. The molecule has 0 aromatic heterocycles. The molecule has 0 aliphatic carbocycles. The molecule has 3 aromatic carbocycles. The molecule has 0 radical (unpaired) electrons. The highest BCUT2D eigenvalue weighted by Crippen LogP contribution is 2.31. The lowest BCUT2D eigenvalue weighted by atomic mass is 10.2. The SMILES string of the molecule is Cc1cccc(Oc2ccccc2NS(=O)(=O)c2ccc([N+](=O)[O-])cc2)c1. The molecule has 1 N–H and O–H groups in total. The van der Waals surface area contributed by atoms with Gasteiger partial charge in [0, 0.05) is 12.1 Å². The zero-order chi connectivity index (χ0) is 19.4. The van der Waals surface area contributed by atoms with Crippen molar-refractivity contribution in [3.63, 3.8) is 0 Å². The predicted molar refractivity (Wildman–Crippen MR) is 102 cm³/mol. The van der Waals surface area contributed by atoms with E-state index in [1.54, 1.807) is 30.3 Å². The Bertz CT molecular complexity index is 1080. The lowest BCUT2D eigenvalue weighted by Crippen LogP contribution is -2.13. The van der Waals surface area contributed by atoms with Crippen molar-refractivity contribution in [3.8, 4) is 11.5 Å². The summed E-state index contributed by atoms with van der Waals surface area (Å²) >= 11 is 0. The summed E-state index contributed by atoms with van der Waals surface area (Å²) in [5.74, 6) is 0.922. The van der Waals surface area contributed by atoms with Crippen LogP contribution in [0.15, 0.2) is 77.7 Å². The van der Waals surface area contributed by atoms with Crippen molar-refractivity contribution in [3.05, 3.63) is 88.5 Å². The van der Waals surface area contributed by atoms with Gasteiger partial charge < -0.3 is 4.74 Å². The fourth-order valence-corrected chi connectivity index (χ4v) is 3.47. The first-order valence-electron chi connectivity index (χ1n) is 7.96. The number of benzene rings is 3. The molecule has 0 heterocycles. The summed E-state index contributed by atoms with van der Waals surface area (Å²) in [6.45, 7) is 1.93. The summed E-state index contributed by atoms with van der Waals surface area (Å²) in [4.78, 5) is 10.0. The van der Waals surface area contributed by atoms with Gasteiger partial charge in [-0.2, -0.15) is 0 Å². The number of rotatable bonds is 6. The fraction of sp³-hybridized carbons (Fsp3) is 0.0526. The Hall–Kier alpha value is -3.39. The number of anilines is 1. The van der Waals surface area contributed by atoms with Crippen LogP contribution in [-0.4, -0.2) is 13.3 Å². The van der Waals surface area contributed by atoms with E-state index in [9.17, 15) is 18.5 Å². The molecule has 3 rings (SSSR count). The summed E-state index contributed by atoms with van der Waals surface area (Å²) in [5, 5.41) is 10.7. The molecule has 0 saturated heterocycles. The minimum Gasteiger partial charge on any atom is -0.455 e. The maximum Gasteiger partial charge on any atom is 0.269 e. The monoisotopic (exact) mass is 384 g/mol. The van der Waals surface area contributed by atoms with Gasteiger partial charge in [0.2, 0.25) is 0 Å². The Morgan fingerprint density at radius 2 is 1.67 bits per heavy atom. The molecule has 0 spiro atoms. The molecule has 0 aliphatic rings. The Morgan fingerprint density at radius 3 is 2.33 bits per heavy atom. The van der Waals surface area contributed by atoms with Crippen LogP contribution in [0.25, 0.3) is 0 Å². The van der Waals surface area contributed by atoms with E-state index in [0.717, 1.165) is 17.7 Å². The van der Waals surface area contributed by atoms with Gasteiger partial charge >= 0.3 is 0 Å². The number of nitrogens with zero attached hydrogens (tertiary/aromatic N) is 1. The van der Waals surface area contributed by atoms with Gasteiger partial charge in [0.25, 0.3) is 15.7 Å². The summed E-state index contributed by atoms with van der Waals surface area (Å²) in [6, 6.07) is 18.7. The van der Waals surface area contributed by atoms with Gasteiger partial charge in [-0.1, -0.05) is 24.3 Å². The molecule has 138 valence electrons. The number of hydrogen-bond acceptors (Lipinski definition) is 5. The van der Waals surface area contributed by atoms with Crippen molar-refractivity contribution in [2.45, 2.75) is 11.8 Å². The van der Waals surface area contributed by atoms with Crippen LogP contribution < -0.4 is 9.46 Å². The molecule has 0 amide bonds. The molecule has 8 heteroatoms. The maximum atomic E-state index is 12.6. The first kappa shape index (κ1) is 18.4. The fourth-order valence-electron chi connectivity index (χ4n) is 2.40. The summed E-state index contributed by atoms with van der Waals surface area (Å²) < 4.78 is 33.5. The molecule has 0 atom stereocenters. The number of sulfonamides is 1. The summed E-state index contributed by atoms with van der Waals surface area (Å²) in [6.07, 6.45) is 0. The minimum absolute atomic E-state index is 0.0848. The molecule has 0 unspecified atom stereocenters. The van der Waals surface area contributed by atoms with Crippen molar-refractivity contribution in [2.75, 3.05) is 4.72 Å². The average Bonchev–Trinajstić information content (AvgIpc) is 2.63. The van der Waals surface area contributed by atoms with Gasteiger partial charge in [-0.15, -0.1) is 0 Å². The number of ether oxygens (including phenoxy) is 1. The van der Waals surface area contributed by atoms with Crippen LogP contribution in [0.4, 0.5) is 11.4 Å². The van der Waals surface area contributed by atoms with Crippen LogP contribution in [0.2, 0.25) is 0 Å². The van der Waals surface area contributed by atoms with Crippen molar-refractivity contribution in [1.82, 2.24) is 0 Å². The van der Waals surface area contributed by atoms with E-state index < -0.39 is 14.9 Å². The molecule has 0 fully saturated rings. The van der Waals surface area contributed by atoms with E-state index in [4.69, 9.17) is 4.74 Å². The molecular weight excluding hydrogens is 368 g/mol. The Morgan fingerprint density at radius 1 is 0.963 bits per heavy atom. The number of non-ortho nitro benzene ring substituents is 1. The Kier molecular flexibility index (Phi) is 5.09. The second-order valence-corrected chi connectivity index (χ2v) is 7.45. The number of hydrogen-bond donors (Lipinski definition) is 1. The zero-order valence-electron chi connectivity index (χ0n) is 14.3. The highest BCUT2D eigenvalue weighted by Gasteiger charge is 2.18. The normalized spacial score (nSPS) is 11.0. The standard InChI is InChI=1S/C19H16N2O5S/c1-14-5-4-6-16(13-14)26-19-8-3-2-7-18(19)20-27(24,25)17-11-9-15(10-12-17)21(22)23/h2-13,20H,1H3. The van der Waals surface area contributed by atoms with Gasteiger partial charge in [0.1, 0.15) is 5.75 Å². The van der Waals surface area contributed by atoms with E-state index >= 15 is 0 Å². The molecular formula is C19H16N2O5S. The average molecular weight is 384 g/mol. The highest BCUT2D eigenvalue weighted by molar-refractivity contribution is 7.92. The molecule has 27 heavy (non-hydrogen) atoms. The first-order chi connectivity index (χ1) is 12.8. The van der Waals surface area contributed by atoms with Gasteiger partial charge in [0.05, 0.1) is 15.5 Å². The second kappa shape index (κ2) is 7.46. The van der Waals surface area contributed by atoms with E-state index in [0.29, 0.717) is 11.5 Å². The van der Waals surface area contributed by atoms with E-state index in [-0.39, 0.29) is 16.3 Å². The van der Waals surface area contributed by atoms with E-state index in [2.05, 4.69) is 4.72 Å². The van der Waals surface area contributed by atoms with E-state index in [1.807, 2.05) is 25.1 Å². The quantitative estimate of drug-likeness (QED) is 0.498. The van der Waals surface area contributed by atoms with Crippen molar-refractivity contribution in [2.24, 2.45) is 0 Å².